The van der Waals surface area contributed by atoms with E-state index in [1.165, 1.54) is 7.11 Å². The van der Waals surface area contributed by atoms with Gasteiger partial charge in [0.05, 0.1) is 23.6 Å². The average Bonchev–Trinajstić information content (AvgIpc) is 2.75. The number of carbonyl (C=O) groups is 1. The maximum absolute atomic E-state index is 11.6. The van der Waals surface area contributed by atoms with Crippen LogP contribution in [-0.2, 0) is 4.79 Å². The van der Waals surface area contributed by atoms with Gasteiger partial charge in [0.15, 0.2) is 16.7 Å². The van der Waals surface area contributed by atoms with Crippen molar-refractivity contribution in [3.63, 3.8) is 0 Å². The van der Waals surface area contributed by atoms with Gasteiger partial charge < -0.3 is 14.8 Å². The van der Waals surface area contributed by atoms with E-state index in [0.717, 1.165) is 18.2 Å². The first-order valence-corrected chi connectivity index (χ1v) is 7.54. The van der Waals surface area contributed by atoms with E-state index in [4.69, 9.17) is 26.5 Å². The topological polar surface area (TPSA) is 71.4 Å². The number of benzene rings is 1. The van der Waals surface area contributed by atoms with Crippen LogP contribution >= 0.6 is 23.4 Å². The lowest BCUT2D eigenvalue weighted by Crippen LogP contribution is -2.18. The van der Waals surface area contributed by atoms with Crippen LogP contribution in [-0.4, -0.2) is 24.8 Å². The largest absolute Gasteiger partial charge is 0.493 e. The SMILES string of the molecule is CCCOc1c(Cl)cc(C=C2SC(=N)NC2=O)cc1OC. The van der Waals surface area contributed by atoms with Gasteiger partial charge in [0.2, 0.25) is 0 Å². The minimum atomic E-state index is -0.286. The highest BCUT2D eigenvalue weighted by Gasteiger charge is 2.22. The van der Waals surface area contributed by atoms with Crippen molar-refractivity contribution in [1.29, 1.82) is 5.41 Å². The van der Waals surface area contributed by atoms with Crippen LogP contribution in [0.3, 0.4) is 0 Å². The maximum atomic E-state index is 11.6. The Morgan fingerprint density at radius 3 is 2.81 bits per heavy atom. The van der Waals surface area contributed by atoms with Crippen molar-refractivity contribution >= 4 is 40.5 Å². The molecule has 7 heteroatoms. The number of hydrogen-bond acceptors (Lipinski definition) is 5. The molecule has 112 valence electrons. The van der Waals surface area contributed by atoms with E-state index >= 15 is 0 Å². The second-order valence-electron chi connectivity index (χ2n) is 4.28. The van der Waals surface area contributed by atoms with E-state index in [2.05, 4.69) is 5.32 Å². The maximum Gasteiger partial charge on any atom is 0.264 e. The molecule has 2 N–H and O–H groups in total. The van der Waals surface area contributed by atoms with Crippen molar-refractivity contribution in [3.05, 3.63) is 27.6 Å². The Morgan fingerprint density at radius 1 is 1.48 bits per heavy atom. The van der Waals surface area contributed by atoms with E-state index in [0.29, 0.717) is 33.6 Å². The zero-order valence-electron chi connectivity index (χ0n) is 11.7. The Labute approximate surface area is 132 Å². The third-order valence-electron chi connectivity index (χ3n) is 2.66. The summed E-state index contributed by atoms with van der Waals surface area (Å²) >= 11 is 7.29. The number of hydrogen-bond donors (Lipinski definition) is 2. The summed E-state index contributed by atoms with van der Waals surface area (Å²) in [6.45, 7) is 2.55. The molecule has 0 saturated carbocycles. The molecule has 0 aliphatic carbocycles. The first-order chi connectivity index (χ1) is 10.0. The molecule has 1 aromatic rings. The highest BCUT2D eigenvalue weighted by atomic mass is 35.5. The quantitative estimate of drug-likeness (QED) is 0.815. The fourth-order valence-electron chi connectivity index (χ4n) is 1.76. The van der Waals surface area contributed by atoms with Crippen LogP contribution in [0.4, 0.5) is 0 Å². The lowest BCUT2D eigenvalue weighted by atomic mass is 10.2. The van der Waals surface area contributed by atoms with Gasteiger partial charge in [-0.1, -0.05) is 18.5 Å². The lowest BCUT2D eigenvalue weighted by Gasteiger charge is -2.12. The Balaban J connectivity index is 2.34. The number of carbonyl (C=O) groups excluding carboxylic acids is 1. The number of rotatable bonds is 5. The number of halogens is 1. The van der Waals surface area contributed by atoms with E-state index in [-0.39, 0.29) is 11.1 Å². The lowest BCUT2D eigenvalue weighted by molar-refractivity contribution is -0.115. The summed E-state index contributed by atoms with van der Waals surface area (Å²) in [4.78, 5) is 12.1. The van der Waals surface area contributed by atoms with Crippen LogP contribution in [0.5, 0.6) is 11.5 Å². The molecule has 0 unspecified atom stereocenters. The van der Waals surface area contributed by atoms with Crippen LogP contribution in [0.15, 0.2) is 17.0 Å². The molecule has 0 radical (unpaired) electrons. The molecule has 2 rings (SSSR count). The molecular weight excluding hydrogens is 312 g/mol. The molecule has 1 aliphatic heterocycles. The predicted octanol–water partition coefficient (Wildman–Crippen LogP) is 3.28. The second kappa shape index (κ2) is 6.87. The summed E-state index contributed by atoms with van der Waals surface area (Å²) in [6.07, 6.45) is 2.53. The number of ether oxygens (including phenoxy) is 2. The van der Waals surface area contributed by atoms with Crippen molar-refractivity contribution in [2.75, 3.05) is 13.7 Å². The molecular formula is C14H15ClN2O3S. The van der Waals surface area contributed by atoms with Crippen LogP contribution in [0.25, 0.3) is 6.08 Å². The summed E-state index contributed by atoms with van der Waals surface area (Å²) in [5, 5.41) is 10.4. The Kier molecular flexibility index (Phi) is 5.14. The fraction of sp³-hybridized carbons (Fsp3) is 0.286. The number of amides is 1. The van der Waals surface area contributed by atoms with Gasteiger partial charge in [0.1, 0.15) is 0 Å². The summed E-state index contributed by atoms with van der Waals surface area (Å²) in [7, 11) is 1.54. The third kappa shape index (κ3) is 3.71. The second-order valence-corrected chi connectivity index (χ2v) is 5.74. The van der Waals surface area contributed by atoms with Gasteiger partial charge in [-0.3, -0.25) is 10.2 Å². The van der Waals surface area contributed by atoms with Gasteiger partial charge >= 0.3 is 0 Å². The number of methoxy groups -OCH3 is 1. The molecule has 1 fully saturated rings. The Morgan fingerprint density at radius 2 is 2.24 bits per heavy atom. The Hall–Kier alpha value is -1.66. The normalized spacial score (nSPS) is 16.2. The number of nitrogens with one attached hydrogen (secondary N) is 2. The highest BCUT2D eigenvalue weighted by Crippen LogP contribution is 2.38. The molecule has 21 heavy (non-hydrogen) atoms. The van der Waals surface area contributed by atoms with E-state index in [1.807, 2.05) is 6.92 Å². The van der Waals surface area contributed by atoms with Crippen LogP contribution < -0.4 is 14.8 Å². The summed E-state index contributed by atoms with van der Waals surface area (Å²) in [5.41, 5.74) is 0.716. The molecule has 0 atom stereocenters. The molecule has 1 saturated heterocycles. The van der Waals surface area contributed by atoms with Gasteiger partial charge in [0.25, 0.3) is 5.91 Å². The molecule has 1 amide bonds. The van der Waals surface area contributed by atoms with Gasteiger partial charge in [-0.2, -0.15) is 0 Å². The number of amidine groups is 1. The predicted molar refractivity (Wildman–Crippen MR) is 85.2 cm³/mol. The van der Waals surface area contributed by atoms with Gasteiger partial charge in [-0.05, 0) is 42.0 Å². The smallest absolute Gasteiger partial charge is 0.264 e. The average molecular weight is 327 g/mol. The van der Waals surface area contributed by atoms with Crippen molar-refractivity contribution < 1.29 is 14.3 Å². The van der Waals surface area contributed by atoms with Gasteiger partial charge in [-0.15, -0.1) is 0 Å². The standard InChI is InChI=1S/C14H15ClN2O3S/c1-3-4-20-12-9(15)5-8(6-10(12)19-2)7-11-13(18)17-14(16)21-11/h5-7H,3-4H2,1-2H3,(H2,16,17,18). The molecule has 1 aliphatic rings. The minimum absolute atomic E-state index is 0.118. The summed E-state index contributed by atoms with van der Waals surface area (Å²) in [6, 6.07) is 3.46. The zero-order valence-corrected chi connectivity index (χ0v) is 13.2. The molecule has 1 aromatic carbocycles. The molecule has 0 aromatic heterocycles. The van der Waals surface area contributed by atoms with E-state index in [9.17, 15) is 4.79 Å². The van der Waals surface area contributed by atoms with Crippen LogP contribution in [0, 0.1) is 5.41 Å². The minimum Gasteiger partial charge on any atom is -0.493 e. The third-order valence-corrected chi connectivity index (χ3v) is 3.77. The monoisotopic (exact) mass is 326 g/mol. The van der Waals surface area contributed by atoms with Gasteiger partial charge in [-0.25, -0.2) is 0 Å². The summed E-state index contributed by atoms with van der Waals surface area (Å²) < 4.78 is 10.9. The first kappa shape index (κ1) is 15.7. The molecule has 5 nitrogen and oxygen atoms in total. The van der Waals surface area contributed by atoms with Crippen molar-refractivity contribution in [2.24, 2.45) is 0 Å². The first-order valence-electron chi connectivity index (χ1n) is 6.35. The molecule has 1 heterocycles. The molecule has 0 spiro atoms. The summed E-state index contributed by atoms with van der Waals surface area (Å²) in [5.74, 6) is 0.729. The van der Waals surface area contributed by atoms with Crippen LogP contribution in [0.2, 0.25) is 5.02 Å². The van der Waals surface area contributed by atoms with Crippen molar-refractivity contribution in [3.8, 4) is 11.5 Å². The highest BCUT2D eigenvalue weighted by molar-refractivity contribution is 8.18. The Bertz CT molecular complexity index is 616. The zero-order chi connectivity index (χ0) is 15.4. The van der Waals surface area contributed by atoms with Crippen LogP contribution in [0.1, 0.15) is 18.9 Å². The fourth-order valence-corrected chi connectivity index (χ4v) is 2.74. The van der Waals surface area contributed by atoms with E-state index in [1.54, 1.807) is 18.2 Å². The van der Waals surface area contributed by atoms with Crippen molar-refractivity contribution in [2.45, 2.75) is 13.3 Å². The van der Waals surface area contributed by atoms with E-state index < -0.39 is 0 Å². The van der Waals surface area contributed by atoms with Gasteiger partial charge in [0, 0.05) is 0 Å². The van der Waals surface area contributed by atoms with Crippen molar-refractivity contribution in [1.82, 2.24) is 5.32 Å². The molecule has 0 bridgehead atoms. The number of thioether (sulfide) groups is 1.